The molecule has 5 heteroatoms. The number of aromatic nitrogens is 3. The lowest BCUT2D eigenvalue weighted by molar-refractivity contribution is 0.935. The van der Waals surface area contributed by atoms with Gasteiger partial charge in [-0.3, -0.25) is 4.40 Å². The highest BCUT2D eigenvalue weighted by Crippen LogP contribution is 2.19. The van der Waals surface area contributed by atoms with Gasteiger partial charge in [-0.05, 0) is 23.8 Å². The van der Waals surface area contributed by atoms with Gasteiger partial charge in [0.15, 0.2) is 5.65 Å². The fraction of sp³-hybridized carbons (Fsp3) is 0.0769. The Bertz CT molecular complexity index is 705. The first-order chi connectivity index (χ1) is 8.75. The number of hydrogen-bond donors (Lipinski definition) is 1. The van der Waals surface area contributed by atoms with E-state index in [0.29, 0.717) is 17.8 Å². The van der Waals surface area contributed by atoms with E-state index in [1.165, 1.54) is 0 Å². The van der Waals surface area contributed by atoms with E-state index in [9.17, 15) is 0 Å². The zero-order valence-corrected chi connectivity index (χ0v) is 10.3. The molecule has 0 unspecified atom stereocenters. The van der Waals surface area contributed by atoms with Crippen molar-refractivity contribution in [3.63, 3.8) is 0 Å². The predicted molar refractivity (Wildman–Crippen MR) is 71.7 cm³/mol. The summed E-state index contributed by atoms with van der Waals surface area (Å²) in [7, 11) is 0. The monoisotopic (exact) mass is 258 g/mol. The first kappa shape index (κ1) is 11.0. The fourth-order valence-corrected chi connectivity index (χ4v) is 2.12. The number of fused-ring (bicyclic) bond motifs is 1. The number of nitrogens with two attached hydrogens (primary N) is 1. The van der Waals surface area contributed by atoms with Crippen LogP contribution in [0.4, 0.5) is 5.69 Å². The van der Waals surface area contributed by atoms with Gasteiger partial charge in [-0.15, -0.1) is 10.2 Å². The maximum absolute atomic E-state index is 6.14. The van der Waals surface area contributed by atoms with Gasteiger partial charge < -0.3 is 5.73 Å². The van der Waals surface area contributed by atoms with Crippen LogP contribution in [-0.4, -0.2) is 14.6 Å². The van der Waals surface area contributed by atoms with E-state index in [4.69, 9.17) is 17.3 Å². The highest BCUT2D eigenvalue weighted by Gasteiger charge is 2.09. The Morgan fingerprint density at radius 1 is 1.11 bits per heavy atom. The maximum atomic E-state index is 6.14. The molecule has 0 aliphatic carbocycles. The van der Waals surface area contributed by atoms with E-state index in [0.717, 1.165) is 16.4 Å². The molecule has 1 aromatic carbocycles. The first-order valence-electron chi connectivity index (χ1n) is 5.57. The van der Waals surface area contributed by atoms with E-state index in [1.807, 2.05) is 47.0 Å². The molecule has 90 valence electrons. The third kappa shape index (κ3) is 1.80. The van der Waals surface area contributed by atoms with Gasteiger partial charge in [0, 0.05) is 17.6 Å². The lowest BCUT2D eigenvalue weighted by Crippen LogP contribution is -1.98. The van der Waals surface area contributed by atoms with Crippen molar-refractivity contribution in [1.29, 1.82) is 0 Å². The van der Waals surface area contributed by atoms with E-state index in [1.54, 1.807) is 0 Å². The van der Waals surface area contributed by atoms with Crippen LogP contribution in [0.5, 0.6) is 0 Å². The number of rotatable bonds is 2. The van der Waals surface area contributed by atoms with Crippen molar-refractivity contribution in [3.05, 3.63) is 59.0 Å². The second kappa shape index (κ2) is 4.31. The molecule has 0 spiro atoms. The normalized spacial score (nSPS) is 10.9. The molecule has 0 fully saturated rings. The van der Waals surface area contributed by atoms with Crippen LogP contribution in [0.25, 0.3) is 5.65 Å². The first-order valence-corrected chi connectivity index (χ1v) is 5.95. The Hall–Kier alpha value is -2.07. The largest absolute Gasteiger partial charge is 0.396 e. The van der Waals surface area contributed by atoms with Crippen LogP contribution < -0.4 is 5.73 Å². The van der Waals surface area contributed by atoms with E-state index >= 15 is 0 Å². The van der Waals surface area contributed by atoms with Crippen LogP contribution in [-0.2, 0) is 6.42 Å². The standard InChI is InChI=1S/C13H11ClN4/c14-10-5-2-1-4-9(10)8-12-16-17-13-11(15)6-3-7-18(12)13/h1-7H,8,15H2. The SMILES string of the molecule is Nc1cccn2c(Cc3ccccc3Cl)nnc12. The molecule has 0 radical (unpaired) electrons. The number of hydrogen-bond acceptors (Lipinski definition) is 3. The summed E-state index contributed by atoms with van der Waals surface area (Å²) in [5.74, 6) is 0.824. The molecule has 3 rings (SSSR count). The minimum Gasteiger partial charge on any atom is -0.396 e. The molecule has 2 N–H and O–H groups in total. The topological polar surface area (TPSA) is 56.2 Å². The number of nitrogens with zero attached hydrogens (tertiary/aromatic N) is 3. The van der Waals surface area contributed by atoms with Gasteiger partial charge in [-0.25, -0.2) is 0 Å². The minimum absolute atomic E-state index is 0.621. The molecule has 0 saturated carbocycles. The molecular weight excluding hydrogens is 248 g/mol. The third-order valence-electron chi connectivity index (χ3n) is 2.84. The summed E-state index contributed by atoms with van der Waals surface area (Å²) in [6.07, 6.45) is 2.53. The summed E-state index contributed by atoms with van der Waals surface area (Å²) < 4.78 is 1.89. The number of nitrogen functional groups attached to an aromatic ring is 1. The van der Waals surface area contributed by atoms with Gasteiger partial charge in [-0.2, -0.15) is 0 Å². The van der Waals surface area contributed by atoms with Crippen molar-refractivity contribution in [2.75, 3.05) is 5.73 Å². The lowest BCUT2D eigenvalue weighted by Gasteiger charge is -2.03. The number of pyridine rings is 1. The highest BCUT2D eigenvalue weighted by atomic mass is 35.5. The predicted octanol–water partition coefficient (Wildman–Crippen LogP) is 2.56. The van der Waals surface area contributed by atoms with Gasteiger partial charge in [0.1, 0.15) is 5.82 Å². The molecule has 0 amide bonds. The molecule has 0 aliphatic rings. The van der Waals surface area contributed by atoms with E-state index in [2.05, 4.69) is 10.2 Å². The quantitative estimate of drug-likeness (QED) is 0.769. The lowest BCUT2D eigenvalue weighted by atomic mass is 10.1. The minimum atomic E-state index is 0.621. The molecular formula is C13H11ClN4. The summed E-state index contributed by atoms with van der Waals surface area (Å²) in [6.45, 7) is 0. The van der Waals surface area contributed by atoms with Crippen molar-refractivity contribution in [2.24, 2.45) is 0 Å². The van der Waals surface area contributed by atoms with Crippen LogP contribution in [0.3, 0.4) is 0 Å². The molecule has 3 aromatic rings. The van der Waals surface area contributed by atoms with Crippen LogP contribution in [0.1, 0.15) is 11.4 Å². The van der Waals surface area contributed by atoms with Gasteiger partial charge in [0.2, 0.25) is 0 Å². The molecule has 18 heavy (non-hydrogen) atoms. The van der Waals surface area contributed by atoms with Crippen molar-refractivity contribution in [3.8, 4) is 0 Å². The number of anilines is 1. The summed E-state index contributed by atoms with van der Waals surface area (Å²) in [6, 6.07) is 11.4. The molecule has 4 nitrogen and oxygen atoms in total. The smallest absolute Gasteiger partial charge is 0.183 e. The van der Waals surface area contributed by atoms with Gasteiger partial charge in [0.05, 0.1) is 5.69 Å². The Labute approximate surface area is 109 Å². The third-order valence-corrected chi connectivity index (χ3v) is 3.21. The summed E-state index contributed by atoms with van der Waals surface area (Å²) in [4.78, 5) is 0. The highest BCUT2D eigenvalue weighted by molar-refractivity contribution is 6.31. The molecule has 0 saturated heterocycles. The van der Waals surface area contributed by atoms with Gasteiger partial charge in [-0.1, -0.05) is 29.8 Å². The van der Waals surface area contributed by atoms with Crippen LogP contribution >= 0.6 is 11.6 Å². The Kier molecular flexibility index (Phi) is 2.64. The molecule has 2 heterocycles. The van der Waals surface area contributed by atoms with E-state index in [-0.39, 0.29) is 0 Å². The van der Waals surface area contributed by atoms with Crippen molar-refractivity contribution in [1.82, 2.24) is 14.6 Å². The van der Waals surface area contributed by atoms with Crippen molar-refractivity contribution >= 4 is 22.9 Å². The van der Waals surface area contributed by atoms with Crippen LogP contribution in [0.15, 0.2) is 42.6 Å². The average molecular weight is 259 g/mol. The van der Waals surface area contributed by atoms with Gasteiger partial charge in [0.25, 0.3) is 0 Å². The Morgan fingerprint density at radius 3 is 2.78 bits per heavy atom. The second-order valence-electron chi connectivity index (χ2n) is 4.04. The maximum Gasteiger partial charge on any atom is 0.183 e. The van der Waals surface area contributed by atoms with Crippen LogP contribution in [0, 0.1) is 0 Å². The Morgan fingerprint density at radius 2 is 1.94 bits per heavy atom. The molecule has 0 atom stereocenters. The zero-order chi connectivity index (χ0) is 12.5. The zero-order valence-electron chi connectivity index (χ0n) is 9.55. The number of halogens is 1. The summed E-state index contributed by atoms with van der Waals surface area (Å²) >= 11 is 6.14. The molecule has 0 bridgehead atoms. The summed E-state index contributed by atoms with van der Waals surface area (Å²) in [5.41, 5.74) is 8.17. The fourth-order valence-electron chi connectivity index (χ4n) is 1.92. The van der Waals surface area contributed by atoms with Crippen molar-refractivity contribution < 1.29 is 0 Å². The van der Waals surface area contributed by atoms with Gasteiger partial charge >= 0.3 is 0 Å². The van der Waals surface area contributed by atoms with Crippen LogP contribution in [0.2, 0.25) is 5.02 Å². The summed E-state index contributed by atoms with van der Waals surface area (Å²) in [5, 5.41) is 8.99. The average Bonchev–Trinajstić information content (AvgIpc) is 2.77. The Balaban J connectivity index is 2.06. The van der Waals surface area contributed by atoms with E-state index < -0.39 is 0 Å². The van der Waals surface area contributed by atoms with Crippen molar-refractivity contribution in [2.45, 2.75) is 6.42 Å². The number of benzene rings is 1. The molecule has 2 aromatic heterocycles. The second-order valence-corrected chi connectivity index (χ2v) is 4.45. The molecule has 0 aliphatic heterocycles.